The maximum Gasteiger partial charge on any atom is 0.257 e. The van der Waals surface area contributed by atoms with E-state index < -0.39 is 17.8 Å². The number of nitrogens with zero attached hydrogens (tertiary/aromatic N) is 2. The molecular weight excluding hydrogens is 529 g/mol. The zero-order valence-electron chi connectivity index (χ0n) is 24.8. The van der Waals surface area contributed by atoms with Gasteiger partial charge in [-0.3, -0.25) is 9.59 Å². The molecule has 220 valence electrons. The van der Waals surface area contributed by atoms with Crippen LogP contribution in [0.5, 0.6) is 0 Å². The van der Waals surface area contributed by atoms with Gasteiger partial charge in [-0.15, -0.1) is 0 Å². The summed E-state index contributed by atoms with van der Waals surface area (Å²) in [4.78, 5) is 37.0. The number of anilines is 1. The molecule has 1 fully saturated rings. The monoisotopic (exact) mass is 569 g/mol. The number of carbonyl (C=O) groups excluding carboxylic acids is 2. The van der Waals surface area contributed by atoms with Crippen LogP contribution in [0.25, 0.3) is 0 Å². The van der Waals surface area contributed by atoms with E-state index >= 15 is 0 Å². The lowest BCUT2D eigenvalue weighted by Gasteiger charge is -2.44. The Morgan fingerprint density at radius 1 is 1.17 bits per heavy atom. The van der Waals surface area contributed by atoms with Crippen molar-refractivity contribution in [3.05, 3.63) is 107 Å². The molecule has 7 nitrogen and oxygen atoms in total. The van der Waals surface area contributed by atoms with E-state index in [1.807, 2.05) is 24.3 Å². The first kappa shape index (κ1) is 29.3. The van der Waals surface area contributed by atoms with Gasteiger partial charge in [0.25, 0.3) is 5.91 Å². The van der Waals surface area contributed by atoms with Crippen molar-refractivity contribution in [2.24, 2.45) is 11.8 Å². The molecule has 0 spiro atoms. The van der Waals surface area contributed by atoms with Crippen LogP contribution in [-0.2, 0) is 16.8 Å². The lowest BCUT2D eigenvalue weighted by molar-refractivity contribution is -0.123. The Hall–Kier alpha value is -4.20. The molecule has 2 aliphatic rings. The second kappa shape index (κ2) is 12.3. The van der Waals surface area contributed by atoms with E-state index in [-0.39, 0.29) is 28.7 Å². The van der Waals surface area contributed by atoms with Crippen molar-refractivity contribution in [1.29, 1.82) is 0 Å². The second-order valence-electron chi connectivity index (χ2n) is 12.3. The number of rotatable bonds is 7. The Balaban J connectivity index is 1.41. The highest BCUT2D eigenvalue weighted by atomic mass is 19.1. The van der Waals surface area contributed by atoms with Gasteiger partial charge in [0.15, 0.2) is 0 Å². The Kier molecular flexibility index (Phi) is 8.61. The van der Waals surface area contributed by atoms with Crippen LogP contribution in [-0.4, -0.2) is 39.3 Å². The maximum atomic E-state index is 15.0. The van der Waals surface area contributed by atoms with E-state index in [0.29, 0.717) is 37.9 Å². The molecule has 3 atom stereocenters. The van der Waals surface area contributed by atoms with E-state index in [9.17, 15) is 14.0 Å². The van der Waals surface area contributed by atoms with E-state index in [1.54, 1.807) is 36.4 Å². The summed E-state index contributed by atoms with van der Waals surface area (Å²) in [5, 5.41) is 6.52. The van der Waals surface area contributed by atoms with Gasteiger partial charge in [0, 0.05) is 36.2 Å². The summed E-state index contributed by atoms with van der Waals surface area (Å²) in [7, 11) is 0. The number of hydrogen-bond acceptors (Lipinski definition) is 4. The van der Waals surface area contributed by atoms with Crippen molar-refractivity contribution in [3.8, 4) is 0 Å². The van der Waals surface area contributed by atoms with Crippen LogP contribution in [0.4, 0.5) is 10.1 Å². The number of piperidine rings is 1. The highest BCUT2D eigenvalue weighted by Crippen LogP contribution is 2.36. The minimum Gasteiger partial charge on any atom is -0.378 e. The van der Waals surface area contributed by atoms with Crippen molar-refractivity contribution >= 4 is 17.5 Å². The summed E-state index contributed by atoms with van der Waals surface area (Å²) in [6.07, 6.45) is 11.6. The lowest BCUT2D eigenvalue weighted by Crippen LogP contribution is -2.55. The van der Waals surface area contributed by atoms with Crippen LogP contribution in [0.2, 0.25) is 0 Å². The average molecular weight is 570 g/mol. The van der Waals surface area contributed by atoms with Gasteiger partial charge < -0.3 is 20.5 Å². The van der Waals surface area contributed by atoms with E-state index in [2.05, 4.69) is 59.6 Å². The van der Waals surface area contributed by atoms with Crippen molar-refractivity contribution in [2.45, 2.75) is 65.0 Å². The largest absolute Gasteiger partial charge is 0.378 e. The Labute approximate surface area is 247 Å². The maximum absolute atomic E-state index is 15.0. The number of carbonyl (C=O) groups is 2. The molecule has 0 saturated carbocycles. The highest BCUT2D eigenvalue weighted by molar-refractivity contribution is 5.98. The Morgan fingerprint density at radius 2 is 1.98 bits per heavy atom. The summed E-state index contributed by atoms with van der Waals surface area (Å²) >= 11 is 0. The third-order valence-electron chi connectivity index (χ3n) is 8.30. The number of nitrogens with one attached hydrogen (secondary N) is 3. The number of likely N-dealkylation sites (tertiary alicyclic amines) is 1. The van der Waals surface area contributed by atoms with Gasteiger partial charge in [0.1, 0.15) is 11.6 Å². The number of aromatic nitrogens is 2. The molecule has 2 aromatic carbocycles. The first-order valence-corrected chi connectivity index (χ1v) is 14.7. The van der Waals surface area contributed by atoms with Crippen molar-refractivity contribution in [1.82, 2.24) is 20.2 Å². The third kappa shape index (κ3) is 6.48. The number of aryl methyl sites for hydroxylation is 1. The van der Waals surface area contributed by atoms with E-state index in [1.165, 1.54) is 6.07 Å². The quantitative estimate of drug-likeness (QED) is 0.313. The zero-order chi connectivity index (χ0) is 29.9. The summed E-state index contributed by atoms with van der Waals surface area (Å²) in [5.41, 5.74) is 3.44. The number of imidazole rings is 1. The number of amides is 2. The van der Waals surface area contributed by atoms with Crippen LogP contribution in [0.1, 0.15) is 67.3 Å². The number of hydrogen-bond donors (Lipinski definition) is 3. The number of aromatic amines is 1. The number of allylic oxidation sites excluding steroid dienone is 2. The predicted molar refractivity (Wildman–Crippen MR) is 163 cm³/mol. The number of H-pyrrole nitrogens is 1. The van der Waals surface area contributed by atoms with Gasteiger partial charge in [-0.2, -0.15) is 0 Å². The normalized spacial score (nSPS) is 20.6. The molecule has 1 unspecified atom stereocenters. The fraction of sp³-hybridized carbons (Fsp3) is 0.382. The standard InChI is InChI=1S/C34H40FN5O2/c1-22-8-5-12-28(35)30(22)33(42)40-19-7-11-27(32(41)39-26-10-6-9-24(20-26)34(2,3)4)31(40)23-13-15-25(16-14-23)38-21-29-36-17-18-37-29/h5-6,8-10,12-13,15-18,20,23,27,31,38H,7,11,14,19,21H2,1-4H3,(H,36,37)(H,39,41)/t23?,27-,31-/m0/s1. The fourth-order valence-electron chi connectivity index (χ4n) is 6.02. The molecule has 5 rings (SSSR count). The van der Waals surface area contributed by atoms with Crippen molar-refractivity contribution < 1.29 is 14.0 Å². The number of benzene rings is 2. The Morgan fingerprint density at radius 3 is 2.67 bits per heavy atom. The molecule has 1 saturated heterocycles. The summed E-state index contributed by atoms with van der Waals surface area (Å²) in [5.74, 6) is -0.730. The van der Waals surface area contributed by atoms with Gasteiger partial charge in [-0.1, -0.05) is 57.2 Å². The first-order chi connectivity index (χ1) is 20.1. The van der Waals surface area contributed by atoms with Crippen LogP contribution < -0.4 is 10.6 Å². The van der Waals surface area contributed by atoms with Gasteiger partial charge in [-0.05, 0) is 67.0 Å². The first-order valence-electron chi connectivity index (χ1n) is 14.7. The van der Waals surface area contributed by atoms with Crippen molar-refractivity contribution in [2.75, 3.05) is 11.9 Å². The van der Waals surface area contributed by atoms with Gasteiger partial charge in [0.2, 0.25) is 5.91 Å². The van der Waals surface area contributed by atoms with Crippen LogP contribution >= 0.6 is 0 Å². The highest BCUT2D eigenvalue weighted by Gasteiger charge is 2.43. The topological polar surface area (TPSA) is 90.1 Å². The minimum absolute atomic E-state index is 0.0587. The summed E-state index contributed by atoms with van der Waals surface area (Å²) in [6, 6.07) is 12.2. The molecule has 2 heterocycles. The summed E-state index contributed by atoms with van der Waals surface area (Å²) in [6.45, 7) is 9.20. The van der Waals surface area contributed by atoms with Crippen LogP contribution in [0.3, 0.4) is 0 Å². The number of halogens is 1. The molecule has 8 heteroatoms. The molecule has 0 radical (unpaired) electrons. The van der Waals surface area contributed by atoms with Gasteiger partial charge in [0.05, 0.1) is 24.1 Å². The van der Waals surface area contributed by atoms with E-state index in [0.717, 1.165) is 22.8 Å². The molecule has 1 aliphatic heterocycles. The van der Waals surface area contributed by atoms with Crippen LogP contribution in [0.15, 0.2) is 78.8 Å². The molecule has 0 bridgehead atoms. The molecule has 1 aliphatic carbocycles. The molecule has 1 aromatic heterocycles. The molecule has 3 aromatic rings. The molecule has 3 N–H and O–H groups in total. The smallest absolute Gasteiger partial charge is 0.257 e. The van der Waals surface area contributed by atoms with Gasteiger partial charge >= 0.3 is 0 Å². The van der Waals surface area contributed by atoms with E-state index in [4.69, 9.17) is 0 Å². The molecule has 2 amide bonds. The van der Waals surface area contributed by atoms with Gasteiger partial charge in [-0.25, -0.2) is 9.37 Å². The Bertz CT molecular complexity index is 1470. The average Bonchev–Trinajstić information content (AvgIpc) is 3.49. The predicted octanol–water partition coefficient (Wildman–Crippen LogP) is 6.26. The van der Waals surface area contributed by atoms with Crippen molar-refractivity contribution in [3.63, 3.8) is 0 Å². The van der Waals surface area contributed by atoms with Crippen LogP contribution in [0, 0.1) is 24.6 Å². The molecule has 42 heavy (non-hydrogen) atoms. The lowest BCUT2D eigenvalue weighted by atomic mass is 9.77. The SMILES string of the molecule is Cc1cccc(F)c1C(=O)N1CCC[C@H](C(=O)Nc2cccc(C(C)(C)C)c2)[C@@H]1C1C=CC(NCc2ncc[nH]2)=CC1. The summed E-state index contributed by atoms with van der Waals surface area (Å²) < 4.78 is 15.0. The minimum atomic E-state index is -0.534. The zero-order valence-corrected chi connectivity index (χ0v) is 24.8. The molecular formula is C34H40FN5O2. The second-order valence-corrected chi connectivity index (χ2v) is 12.3. The fourth-order valence-corrected chi connectivity index (χ4v) is 6.02. The third-order valence-corrected chi connectivity index (χ3v) is 8.30.